The normalized spacial score (nSPS) is 22.4. The Hall–Kier alpha value is -2.66. The van der Waals surface area contributed by atoms with Crippen LogP contribution in [-0.2, 0) is 22.6 Å². The summed E-state index contributed by atoms with van der Waals surface area (Å²) >= 11 is 0. The van der Waals surface area contributed by atoms with E-state index >= 15 is 0 Å². The molecule has 3 aliphatic heterocycles. The van der Waals surface area contributed by atoms with Gasteiger partial charge in [0.2, 0.25) is 11.8 Å². The molecule has 0 spiro atoms. The Balaban J connectivity index is 1.18. The highest BCUT2D eigenvalue weighted by molar-refractivity contribution is 5.99. The van der Waals surface area contributed by atoms with E-state index in [-0.39, 0.29) is 17.9 Å². The van der Waals surface area contributed by atoms with Gasteiger partial charge in [0.05, 0.1) is 12.5 Å². The summed E-state index contributed by atoms with van der Waals surface area (Å²) in [6, 6.07) is 14.9. The first-order valence-corrected chi connectivity index (χ1v) is 11.1. The summed E-state index contributed by atoms with van der Waals surface area (Å²) in [4.78, 5) is 29.1. The number of benzene rings is 2. The number of carbonyl (C=O) groups is 2. The number of nitrogens with one attached hydrogen (secondary N) is 1. The van der Waals surface area contributed by atoms with Crippen LogP contribution in [0.3, 0.4) is 0 Å². The van der Waals surface area contributed by atoms with Crippen molar-refractivity contribution in [2.75, 3.05) is 25.0 Å². The Kier molecular flexibility index (Phi) is 5.07. The van der Waals surface area contributed by atoms with Crippen molar-refractivity contribution in [2.24, 2.45) is 0 Å². The van der Waals surface area contributed by atoms with Gasteiger partial charge in [-0.2, -0.15) is 0 Å². The first-order valence-electron chi connectivity index (χ1n) is 11.1. The lowest BCUT2D eigenvalue weighted by atomic mass is 9.87. The number of hydrogen-bond acceptors (Lipinski definition) is 3. The SMILES string of the molecule is Cc1ccc(CN2CC[C@@H](N3CCC(c4ccc5c(c4)CC(=O)N5)CC3)C2=O)cc1. The largest absolute Gasteiger partial charge is 0.337 e. The van der Waals surface area contributed by atoms with E-state index in [0.717, 1.165) is 50.1 Å². The predicted molar refractivity (Wildman–Crippen MR) is 117 cm³/mol. The van der Waals surface area contributed by atoms with Gasteiger partial charge in [-0.1, -0.05) is 42.0 Å². The number of carbonyl (C=O) groups excluding carboxylic acids is 2. The molecule has 3 aliphatic rings. The molecular formula is C25H29N3O2. The van der Waals surface area contributed by atoms with Gasteiger partial charge in [-0.15, -0.1) is 0 Å². The Labute approximate surface area is 178 Å². The van der Waals surface area contributed by atoms with Crippen LogP contribution >= 0.6 is 0 Å². The monoisotopic (exact) mass is 403 g/mol. The Morgan fingerprint density at radius 3 is 2.50 bits per heavy atom. The first kappa shape index (κ1) is 19.3. The van der Waals surface area contributed by atoms with Crippen LogP contribution in [0.4, 0.5) is 5.69 Å². The topological polar surface area (TPSA) is 52.6 Å². The number of anilines is 1. The minimum atomic E-state index is 0.0400. The average molecular weight is 404 g/mol. The molecule has 0 aromatic heterocycles. The number of fused-ring (bicyclic) bond motifs is 1. The van der Waals surface area contributed by atoms with Gasteiger partial charge in [-0.25, -0.2) is 0 Å². The molecule has 30 heavy (non-hydrogen) atoms. The van der Waals surface area contributed by atoms with Crippen molar-refractivity contribution in [3.05, 3.63) is 64.7 Å². The molecule has 5 nitrogen and oxygen atoms in total. The molecule has 2 aromatic carbocycles. The highest BCUT2D eigenvalue weighted by Crippen LogP contribution is 2.34. The van der Waals surface area contributed by atoms with Gasteiger partial charge in [0.1, 0.15) is 0 Å². The van der Waals surface area contributed by atoms with E-state index in [0.29, 0.717) is 18.9 Å². The third-order valence-electron chi connectivity index (χ3n) is 6.96. The molecule has 1 atom stereocenters. The van der Waals surface area contributed by atoms with Crippen molar-refractivity contribution >= 4 is 17.5 Å². The zero-order chi connectivity index (χ0) is 20.7. The number of nitrogens with zero attached hydrogens (tertiary/aromatic N) is 2. The van der Waals surface area contributed by atoms with E-state index in [1.807, 2.05) is 11.0 Å². The minimum Gasteiger partial charge on any atom is -0.337 e. The lowest BCUT2D eigenvalue weighted by Gasteiger charge is -2.35. The second-order valence-corrected chi connectivity index (χ2v) is 9.00. The number of rotatable bonds is 4. The summed E-state index contributed by atoms with van der Waals surface area (Å²) in [6.07, 6.45) is 3.57. The van der Waals surface area contributed by atoms with Crippen LogP contribution in [0.2, 0.25) is 0 Å². The molecule has 2 fully saturated rings. The van der Waals surface area contributed by atoms with Gasteiger partial charge in [-0.05, 0) is 68.0 Å². The van der Waals surface area contributed by atoms with E-state index in [1.165, 1.54) is 16.7 Å². The second-order valence-electron chi connectivity index (χ2n) is 9.00. The predicted octanol–water partition coefficient (Wildman–Crippen LogP) is 3.47. The van der Waals surface area contributed by atoms with Gasteiger partial charge in [0.15, 0.2) is 0 Å². The third-order valence-corrected chi connectivity index (χ3v) is 6.96. The lowest BCUT2D eigenvalue weighted by Crippen LogP contribution is -2.45. The van der Waals surface area contributed by atoms with Crippen LogP contribution in [0.25, 0.3) is 0 Å². The van der Waals surface area contributed by atoms with E-state index in [1.54, 1.807) is 0 Å². The summed E-state index contributed by atoms with van der Waals surface area (Å²) in [7, 11) is 0. The number of hydrogen-bond donors (Lipinski definition) is 1. The highest BCUT2D eigenvalue weighted by atomic mass is 16.2. The highest BCUT2D eigenvalue weighted by Gasteiger charge is 2.37. The molecule has 0 bridgehead atoms. The number of aryl methyl sites for hydroxylation is 1. The summed E-state index contributed by atoms with van der Waals surface area (Å²) < 4.78 is 0. The van der Waals surface area contributed by atoms with Gasteiger partial charge >= 0.3 is 0 Å². The molecule has 2 amide bonds. The second kappa shape index (κ2) is 7.88. The minimum absolute atomic E-state index is 0.0400. The quantitative estimate of drug-likeness (QED) is 0.851. The lowest BCUT2D eigenvalue weighted by molar-refractivity contribution is -0.133. The fraction of sp³-hybridized carbons (Fsp3) is 0.440. The Morgan fingerprint density at radius 2 is 1.73 bits per heavy atom. The molecular weight excluding hydrogens is 374 g/mol. The van der Waals surface area contributed by atoms with Crippen molar-refractivity contribution in [3.8, 4) is 0 Å². The van der Waals surface area contributed by atoms with Crippen LogP contribution in [0, 0.1) is 6.92 Å². The van der Waals surface area contributed by atoms with Gasteiger partial charge in [0, 0.05) is 18.8 Å². The maximum Gasteiger partial charge on any atom is 0.240 e. The summed E-state index contributed by atoms with van der Waals surface area (Å²) in [6.45, 7) is 5.59. The van der Waals surface area contributed by atoms with E-state index in [2.05, 4.69) is 53.5 Å². The van der Waals surface area contributed by atoms with E-state index in [4.69, 9.17) is 0 Å². The Morgan fingerprint density at radius 1 is 0.967 bits per heavy atom. The average Bonchev–Trinajstić information content (AvgIpc) is 3.31. The van der Waals surface area contributed by atoms with Crippen molar-refractivity contribution < 1.29 is 9.59 Å². The summed E-state index contributed by atoms with van der Waals surface area (Å²) in [5.74, 6) is 0.894. The zero-order valence-corrected chi connectivity index (χ0v) is 17.6. The zero-order valence-electron chi connectivity index (χ0n) is 17.6. The molecule has 0 aliphatic carbocycles. The molecule has 156 valence electrons. The molecule has 5 heteroatoms. The Bertz CT molecular complexity index is 961. The fourth-order valence-electron chi connectivity index (χ4n) is 5.18. The molecule has 3 heterocycles. The first-order chi connectivity index (χ1) is 14.6. The molecule has 2 aromatic rings. The summed E-state index contributed by atoms with van der Waals surface area (Å²) in [5.41, 5.74) is 5.88. The van der Waals surface area contributed by atoms with Crippen LogP contribution in [0.5, 0.6) is 0 Å². The smallest absolute Gasteiger partial charge is 0.240 e. The maximum absolute atomic E-state index is 13.0. The molecule has 0 saturated carbocycles. The van der Waals surface area contributed by atoms with Crippen LogP contribution in [-0.4, -0.2) is 47.3 Å². The maximum atomic E-state index is 13.0. The van der Waals surface area contributed by atoms with Crippen molar-refractivity contribution in [2.45, 2.75) is 51.1 Å². The van der Waals surface area contributed by atoms with Gasteiger partial charge in [-0.3, -0.25) is 14.5 Å². The van der Waals surface area contributed by atoms with Crippen LogP contribution < -0.4 is 5.32 Å². The molecule has 5 rings (SSSR count). The van der Waals surface area contributed by atoms with Crippen molar-refractivity contribution in [1.29, 1.82) is 0 Å². The van der Waals surface area contributed by atoms with Crippen molar-refractivity contribution in [3.63, 3.8) is 0 Å². The van der Waals surface area contributed by atoms with Gasteiger partial charge in [0.25, 0.3) is 0 Å². The number of amides is 2. The summed E-state index contributed by atoms with van der Waals surface area (Å²) in [5, 5.41) is 2.91. The van der Waals surface area contributed by atoms with Crippen LogP contribution in [0.15, 0.2) is 42.5 Å². The molecule has 0 unspecified atom stereocenters. The van der Waals surface area contributed by atoms with E-state index < -0.39 is 0 Å². The number of piperidine rings is 1. The standard InChI is InChI=1S/C25H29N3O2/c1-17-2-4-18(5-3-17)16-28-13-10-23(25(28)30)27-11-8-19(9-12-27)20-6-7-22-21(14-20)15-24(29)26-22/h2-7,14,19,23H,8-13,15-16H2,1H3,(H,26,29)/t23-/m1/s1. The third kappa shape index (κ3) is 3.74. The van der Waals surface area contributed by atoms with E-state index in [9.17, 15) is 9.59 Å². The number of likely N-dealkylation sites (tertiary alicyclic amines) is 2. The fourth-order valence-corrected chi connectivity index (χ4v) is 5.18. The van der Waals surface area contributed by atoms with Crippen molar-refractivity contribution in [1.82, 2.24) is 9.80 Å². The van der Waals surface area contributed by atoms with Gasteiger partial charge < -0.3 is 10.2 Å². The molecule has 2 saturated heterocycles. The molecule has 0 radical (unpaired) electrons. The molecule has 1 N–H and O–H groups in total. The van der Waals surface area contributed by atoms with Crippen LogP contribution in [0.1, 0.15) is 47.4 Å².